The molecule has 0 saturated carbocycles. The highest BCUT2D eigenvalue weighted by atomic mass is 16.5. The second-order valence-electron chi connectivity index (χ2n) is 5.23. The molecule has 1 aliphatic rings. The molecule has 0 spiro atoms. The van der Waals surface area contributed by atoms with E-state index in [1.165, 1.54) is 32.2 Å². The molecule has 15 heavy (non-hydrogen) atoms. The van der Waals surface area contributed by atoms with Gasteiger partial charge < -0.3 is 10.1 Å². The lowest BCUT2D eigenvalue weighted by Gasteiger charge is -2.28. The summed E-state index contributed by atoms with van der Waals surface area (Å²) < 4.78 is 5.38. The van der Waals surface area contributed by atoms with E-state index in [1.54, 1.807) is 0 Å². The summed E-state index contributed by atoms with van der Waals surface area (Å²) in [5.74, 6) is 1.67. The molecule has 0 amide bonds. The minimum absolute atomic E-state index is 0.668. The monoisotopic (exact) mass is 213 g/mol. The first kappa shape index (κ1) is 13.0. The minimum atomic E-state index is 0.668. The molecule has 0 aliphatic carbocycles. The molecule has 0 aromatic heterocycles. The van der Waals surface area contributed by atoms with E-state index in [2.05, 4.69) is 26.1 Å². The normalized spacial score (nSPS) is 20.8. The van der Waals surface area contributed by atoms with Gasteiger partial charge in [-0.25, -0.2) is 0 Å². The van der Waals surface area contributed by atoms with Crippen LogP contribution in [0.2, 0.25) is 0 Å². The van der Waals surface area contributed by atoms with E-state index in [4.69, 9.17) is 4.74 Å². The molecule has 90 valence electrons. The summed E-state index contributed by atoms with van der Waals surface area (Å²) in [6, 6.07) is 0.668. The van der Waals surface area contributed by atoms with Crippen molar-refractivity contribution in [3.05, 3.63) is 0 Å². The first-order chi connectivity index (χ1) is 7.20. The Hall–Kier alpha value is -0.0800. The third kappa shape index (κ3) is 5.53. The Bertz CT molecular complexity index is 153. The Morgan fingerprint density at radius 2 is 1.87 bits per heavy atom. The summed E-state index contributed by atoms with van der Waals surface area (Å²) >= 11 is 0. The predicted octanol–water partition coefficient (Wildman–Crippen LogP) is 2.83. The Balaban J connectivity index is 2.04. The molecule has 1 heterocycles. The first-order valence-corrected chi connectivity index (χ1v) is 6.51. The summed E-state index contributed by atoms with van der Waals surface area (Å²) in [7, 11) is 0. The third-order valence-electron chi connectivity index (χ3n) is 3.40. The molecule has 2 heteroatoms. The SMILES string of the molecule is CC(C)CCCNC(C)C1CCOCC1. The highest BCUT2D eigenvalue weighted by Crippen LogP contribution is 2.18. The molecule has 1 rings (SSSR count). The van der Waals surface area contributed by atoms with Crippen LogP contribution in [0.3, 0.4) is 0 Å². The summed E-state index contributed by atoms with van der Waals surface area (Å²) in [4.78, 5) is 0. The van der Waals surface area contributed by atoms with Gasteiger partial charge in [-0.1, -0.05) is 13.8 Å². The maximum atomic E-state index is 5.38. The van der Waals surface area contributed by atoms with E-state index in [0.717, 1.165) is 25.0 Å². The summed E-state index contributed by atoms with van der Waals surface area (Å²) in [6.45, 7) is 10.0. The molecule has 1 atom stereocenters. The standard InChI is InChI=1S/C13H27NO/c1-11(2)5-4-8-14-12(3)13-6-9-15-10-7-13/h11-14H,4-10H2,1-3H3. The van der Waals surface area contributed by atoms with Crippen LogP contribution in [-0.4, -0.2) is 25.8 Å². The van der Waals surface area contributed by atoms with Crippen LogP contribution in [0, 0.1) is 11.8 Å². The number of hydrogen-bond donors (Lipinski definition) is 1. The molecular formula is C13H27NO. The highest BCUT2D eigenvalue weighted by Gasteiger charge is 2.19. The van der Waals surface area contributed by atoms with Crippen LogP contribution in [0.5, 0.6) is 0 Å². The average Bonchev–Trinajstić information content (AvgIpc) is 2.25. The van der Waals surface area contributed by atoms with Crippen molar-refractivity contribution in [3.63, 3.8) is 0 Å². The topological polar surface area (TPSA) is 21.3 Å². The number of hydrogen-bond acceptors (Lipinski definition) is 2. The number of nitrogens with one attached hydrogen (secondary N) is 1. The van der Waals surface area contributed by atoms with Gasteiger partial charge >= 0.3 is 0 Å². The quantitative estimate of drug-likeness (QED) is 0.685. The fourth-order valence-electron chi connectivity index (χ4n) is 2.22. The maximum Gasteiger partial charge on any atom is 0.0469 e. The average molecular weight is 213 g/mol. The molecule has 0 aromatic carbocycles. The smallest absolute Gasteiger partial charge is 0.0469 e. The summed E-state index contributed by atoms with van der Waals surface area (Å²) in [5.41, 5.74) is 0. The second-order valence-corrected chi connectivity index (χ2v) is 5.23. The van der Waals surface area contributed by atoms with Crippen molar-refractivity contribution in [1.82, 2.24) is 5.32 Å². The van der Waals surface area contributed by atoms with Crippen LogP contribution in [0.1, 0.15) is 46.5 Å². The van der Waals surface area contributed by atoms with E-state index in [0.29, 0.717) is 6.04 Å². The van der Waals surface area contributed by atoms with Crippen LogP contribution in [0.4, 0.5) is 0 Å². The zero-order valence-corrected chi connectivity index (χ0v) is 10.6. The fraction of sp³-hybridized carbons (Fsp3) is 1.00. The van der Waals surface area contributed by atoms with Gasteiger partial charge in [0.2, 0.25) is 0 Å². The van der Waals surface area contributed by atoms with Crippen molar-refractivity contribution in [3.8, 4) is 0 Å². The van der Waals surface area contributed by atoms with Crippen LogP contribution in [0.15, 0.2) is 0 Å². The molecule has 2 nitrogen and oxygen atoms in total. The molecule has 0 radical (unpaired) electrons. The lowest BCUT2D eigenvalue weighted by molar-refractivity contribution is 0.0559. The molecule has 1 N–H and O–H groups in total. The van der Waals surface area contributed by atoms with E-state index in [1.807, 2.05) is 0 Å². The maximum absolute atomic E-state index is 5.38. The van der Waals surface area contributed by atoms with Crippen LogP contribution in [0.25, 0.3) is 0 Å². The zero-order chi connectivity index (χ0) is 11.1. The number of rotatable bonds is 6. The van der Waals surface area contributed by atoms with Gasteiger partial charge in [-0.05, 0) is 51.0 Å². The molecule has 1 saturated heterocycles. The van der Waals surface area contributed by atoms with Gasteiger partial charge in [0.15, 0.2) is 0 Å². The van der Waals surface area contributed by atoms with Gasteiger partial charge in [-0.2, -0.15) is 0 Å². The van der Waals surface area contributed by atoms with Gasteiger partial charge in [0.25, 0.3) is 0 Å². The predicted molar refractivity (Wildman–Crippen MR) is 65.1 cm³/mol. The summed E-state index contributed by atoms with van der Waals surface area (Å²) in [6.07, 6.45) is 5.12. The molecule has 0 bridgehead atoms. The first-order valence-electron chi connectivity index (χ1n) is 6.51. The molecule has 1 fully saturated rings. The van der Waals surface area contributed by atoms with Crippen LogP contribution < -0.4 is 5.32 Å². The van der Waals surface area contributed by atoms with Crippen LogP contribution >= 0.6 is 0 Å². The van der Waals surface area contributed by atoms with E-state index in [-0.39, 0.29) is 0 Å². The number of ether oxygens (including phenoxy) is 1. The summed E-state index contributed by atoms with van der Waals surface area (Å²) in [5, 5.41) is 3.65. The lowest BCUT2D eigenvalue weighted by atomic mass is 9.93. The Morgan fingerprint density at radius 3 is 2.47 bits per heavy atom. The molecular weight excluding hydrogens is 186 g/mol. The molecule has 1 aliphatic heterocycles. The van der Waals surface area contributed by atoms with Crippen LogP contribution in [-0.2, 0) is 4.74 Å². The van der Waals surface area contributed by atoms with Crippen molar-refractivity contribution >= 4 is 0 Å². The zero-order valence-electron chi connectivity index (χ0n) is 10.6. The van der Waals surface area contributed by atoms with Crippen molar-refractivity contribution in [1.29, 1.82) is 0 Å². The van der Waals surface area contributed by atoms with Crippen molar-refractivity contribution in [2.24, 2.45) is 11.8 Å². The Morgan fingerprint density at radius 1 is 1.20 bits per heavy atom. The second kappa shape index (κ2) is 7.24. The highest BCUT2D eigenvalue weighted by molar-refractivity contribution is 4.74. The van der Waals surface area contributed by atoms with Gasteiger partial charge in [0, 0.05) is 19.3 Å². The van der Waals surface area contributed by atoms with E-state index >= 15 is 0 Å². The van der Waals surface area contributed by atoms with Crippen molar-refractivity contribution in [2.75, 3.05) is 19.8 Å². The largest absolute Gasteiger partial charge is 0.381 e. The third-order valence-corrected chi connectivity index (χ3v) is 3.40. The lowest BCUT2D eigenvalue weighted by Crippen LogP contribution is -2.37. The minimum Gasteiger partial charge on any atom is -0.381 e. The molecule has 0 aromatic rings. The van der Waals surface area contributed by atoms with E-state index < -0.39 is 0 Å². The van der Waals surface area contributed by atoms with Gasteiger partial charge in [-0.15, -0.1) is 0 Å². The van der Waals surface area contributed by atoms with Gasteiger partial charge in [0.1, 0.15) is 0 Å². The van der Waals surface area contributed by atoms with Gasteiger partial charge in [0.05, 0.1) is 0 Å². The Labute approximate surface area is 94.8 Å². The van der Waals surface area contributed by atoms with Crippen molar-refractivity contribution < 1.29 is 4.74 Å². The molecule has 1 unspecified atom stereocenters. The van der Waals surface area contributed by atoms with Gasteiger partial charge in [-0.3, -0.25) is 0 Å². The van der Waals surface area contributed by atoms with E-state index in [9.17, 15) is 0 Å². The Kier molecular flexibility index (Phi) is 6.26. The fourth-order valence-corrected chi connectivity index (χ4v) is 2.22. The van der Waals surface area contributed by atoms with Crippen molar-refractivity contribution in [2.45, 2.75) is 52.5 Å².